The fourth-order valence-electron chi connectivity index (χ4n) is 4.42. The van der Waals surface area contributed by atoms with Gasteiger partial charge >= 0.3 is 0 Å². The second-order valence-electron chi connectivity index (χ2n) is 9.67. The molecule has 2 aromatic carbocycles. The van der Waals surface area contributed by atoms with Gasteiger partial charge in [-0.1, -0.05) is 78.4 Å². The molecule has 190 valence electrons. The van der Waals surface area contributed by atoms with E-state index in [1.54, 1.807) is 11.3 Å². The maximum Gasteiger partial charge on any atom is 0.119 e. The zero-order chi connectivity index (χ0) is 24.9. The van der Waals surface area contributed by atoms with Crippen molar-refractivity contribution in [3.05, 3.63) is 60.0 Å². The number of hydrogen-bond acceptors (Lipinski definition) is 3. The molecular formula is C32H44O2S. The second kappa shape index (κ2) is 15.0. The topological polar surface area (TPSA) is 18.5 Å². The first-order chi connectivity index (χ1) is 17.2. The van der Waals surface area contributed by atoms with Crippen LogP contribution in [-0.4, -0.2) is 13.2 Å². The Morgan fingerprint density at radius 2 is 1.11 bits per heavy atom. The van der Waals surface area contributed by atoms with E-state index in [1.165, 1.54) is 72.9 Å². The van der Waals surface area contributed by atoms with E-state index in [0.717, 1.165) is 24.7 Å². The van der Waals surface area contributed by atoms with E-state index in [1.807, 2.05) is 0 Å². The Morgan fingerprint density at radius 3 is 1.57 bits per heavy atom. The summed E-state index contributed by atoms with van der Waals surface area (Å²) in [5.41, 5.74) is 3.74. The van der Waals surface area contributed by atoms with Crippen molar-refractivity contribution >= 4 is 11.3 Å². The Bertz CT molecular complexity index is 880. The van der Waals surface area contributed by atoms with Gasteiger partial charge in [0.05, 0.1) is 13.2 Å². The molecule has 0 aliphatic rings. The predicted octanol–water partition coefficient (Wildman–Crippen LogP) is 10.3. The van der Waals surface area contributed by atoms with Gasteiger partial charge < -0.3 is 9.47 Å². The summed E-state index contributed by atoms with van der Waals surface area (Å²) < 4.78 is 12.2. The molecule has 0 radical (unpaired) electrons. The van der Waals surface area contributed by atoms with Crippen LogP contribution in [0, 0.1) is 11.8 Å². The highest BCUT2D eigenvalue weighted by molar-refractivity contribution is 7.14. The summed E-state index contributed by atoms with van der Waals surface area (Å²) in [6.07, 6.45) is 9.94. The van der Waals surface area contributed by atoms with Crippen LogP contribution in [0.5, 0.6) is 11.5 Å². The summed E-state index contributed by atoms with van der Waals surface area (Å²) in [6.45, 7) is 10.7. The Labute approximate surface area is 217 Å². The van der Waals surface area contributed by atoms with Crippen molar-refractivity contribution in [1.82, 2.24) is 0 Å². The van der Waals surface area contributed by atoms with Crippen LogP contribution in [0.25, 0.3) is 21.6 Å². The van der Waals surface area contributed by atoms with Crippen molar-refractivity contribution in [3.63, 3.8) is 0 Å². The first kappa shape index (κ1) is 27.3. The second-order valence-corrected chi connectivity index (χ2v) is 10.6. The lowest BCUT2D eigenvalue weighted by molar-refractivity contribution is 0.233. The van der Waals surface area contributed by atoms with E-state index in [0.29, 0.717) is 11.8 Å². The fraction of sp³-hybridized carbons (Fsp3) is 0.500. The Balaban J connectivity index is 1.61. The number of benzene rings is 2. The van der Waals surface area contributed by atoms with Gasteiger partial charge in [0.1, 0.15) is 11.5 Å². The standard InChI is InChI=1S/C32H44O2S/c1-5-9-11-25(7-3)23-33-29-17-13-27(14-18-29)31-21-22-35-32(31)28-15-19-30(20-16-28)34-24-26(8-4)12-10-6-2/h13-22,25-26H,5-12,23-24H2,1-4H3. The average molecular weight is 493 g/mol. The summed E-state index contributed by atoms with van der Waals surface area (Å²) in [4.78, 5) is 1.30. The minimum absolute atomic E-state index is 0.647. The lowest BCUT2D eigenvalue weighted by atomic mass is 10.0. The molecular weight excluding hydrogens is 448 g/mol. The molecule has 0 fully saturated rings. The van der Waals surface area contributed by atoms with Gasteiger partial charge in [0, 0.05) is 10.4 Å². The lowest BCUT2D eigenvalue weighted by Crippen LogP contribution is -2.11. The highest BCUT2D eigenvalue weighted by atomic mass is 32.1. The molecule has 0 amide bonds. The zero-order valence-corrected chi connectivity index (χ0v) is 23.0. The molecule has 0 aliphatic carbocycles. The molecule has 1 heterocycles. The summed E-state index contributed by atoms with van der Waals surface area (Å²) in [5.74, 6) is 3.22. The van der Waals surface area contributed by atoms with Crippen LogP contribution in [-0.2, 0) is 0 Å². The number of rotatable bonds is 16. The van der Waals surface area contributed by atoms with E-state index >= 15 is 0 Å². The molecule has 0 aliphatic heterocycles. The van der Waals surface area contributed by atoms with Gasteiger partial charge in [-0.15, -0.1) is 11.3 Å². The third-order valence-electron chi connectivity index (χ3n) is 7.01. The van der Waals surface area contributed by atoms with Crippen molar-refractivity contribution < 1.29 is 9.47 Å². The minimum atomic E-state index is 0.647. The highest BCUT2D eigenvalue weighted by Crippen LogP contribution is 2.38. The van der Waals surface area contributed by atoms with Crippen LogP contribution in [0.1, 0.15) is 79.1 Å². The van der Waals surface area contributed by atoms with Crippen molar-refractivity contribution in [2.75, 3.05) is 13.2 Å². The van der Waals surface area contributed by atoms with Crippen LogP contribution in [0.2, 0.25) is 0 Å². The Morgan fingerprint density at radius 1 is 0.629 bits per heavy atom. The van der Waals surface area contributed by atoms with Crippen LogP contribution < -0.4 is 9.47 Å². The summed E-state index contributed by atoms with van der Waals surface area (Å²) in [5, 5.41) is 2.18. The van der Waals surface area contributed by atoms with Crippen molar-refractivity contribution in [3.8, 4) is 33.1 Å². The number of thiophene rings is 1. The number of unbranched alkanes of at least 4 members (excludes halogenated alkanes) is 2. The minimum Gasteiger partial charge on any atom is -0.493 e. The zero-order valence-electron chi connectivity index (χ0n) is 22.2. The molecule has 3 rings (SSSR count). The molecule has 0 saturated heterocycles. The van der Waals surface area contributed by atoms with E-state index in [9.17, 15) is 0 Å². The molecule has 1 aromatic heterocycles. The quantitative estimate of drug-likeness (QED) is 0.198. The maximum absolute atomic E-state index is 6.12. The van der Waals surface area contributed by atoms with Crippen LogP contribution in [0.3, 0.4) is 0 Å². The monoisotopic (exact) mass is 492 g/mol. The molecule has 0 spiro atoms. The molecule has 0 bridgehead atoms. The van der Waals surface area contributed by atoms with Crippen LogP contribution in [0.15, 0.2) is 60.0 Å². The van der Waals surface area contributed by atoms with Crippen LogP contribution >= 0.6 is 11.3 Å². The van der Waals surface area contributed by atoms with Crippen molar-refractivity contribution in [2.45, 2.75) is 79.1 Å². The molecule has 2 unspecified atom stereocenters. The van der Waals surface area contributed by atoms with Gasteiger partial charge in [0.2, 0.25) is 0 Å². The average Bonchev–Trinajstić information content (AvgIpc) is 3.39. The van der Waals surface area contributed by atoms with Gasteiger partial charge in [-0.3, -0.25) is 0 Å². The molecule has 2 nitrogen and oxygen atoms in total. The van der Waals surface area contributed by atoms with Gasteiger partial charge in [-0.2, -0.15) is 0 Å². The van der Waals surface area contributed by atoms with Gasteiger partial charge in [0.15, 0.2) is 0 Å². The molecule has 0 saturated carbocycles. The number of hydrogen-bond donors (Lipinski definition) is 0. The Hall–Kier alpha value is -2.26. The predicted molar refractivity (Wildman–Crippen MR) is 153 cm³/mol. The normalized spacial score (nSPS) is 12.9. The largest absolute Gasteiger partial charge is 0.493 e. The van der Waals surface area contributed by atoms with Gasteiger partial charge in [-0.25, -0.2) is 0 Å². The van der Waals surface area contributed by atoms with Crippen molar-refractivity contribution in [1.29, 1.82) is 0 Å². The molecule has 0 N–H and O–H groups in total. The fourth-order valence-corrected chi connectivity index (χ4v) is 5.34. The molecule has 35 heavy (non-hydrogen) atoms. The van der Waals surface area contributed by atoms with Gasteiger partial charge in [0.25, 0.3) is 0 Å². The first-order valence-electron chi connectivity index (χ1n) is 13.7. The molecule has 3 aromatic rings. The maximum atomic E-state index is 6.12. The summed E-state index contributed by atoms with van der Waals surface area (Å²) >= 11 is 1.79. The van der Waals surface area contributed by atoms with E-state index in [4.69, 9.17) is 9.47 Å². The van der Waals surface area contributed by atoms with Crippen molar-refractivity contribution in [2.24, 2.45) is 11.8 Å². The SMILES string of the molecule is CCCCC(CC)COc1ccc(-c2ccsc2-c2ccc(OCC(CC)CCCC)cc2)cc1. The summed E-state index contributed by atoms with van der Waals surface area (Å²) in [7, 11) is 0. The highest BCUT2D eigenvalue weighted by Gasteiger charge is 2.12. The molecule has 3 heteroatoms. The Kier molecular flexibility index (Phi) is 11.7. The third kappa shape index (κ3) is 8.42. The van der Waals surface area contributed by atoms with Gasteiger partial charge in [-0.05, 0) is 83.6 Å². The smallest absolute Gasteiger partial charge is 0.119 e. The van der Waals surface area contributed by atoms with E-state index in [-0.39, 0.29) is 0 Å². The van der Waals surface area contributed by atoms with Crippen LogP contribution in [0.4, 0.5) is 0 Å². The lowest BCUT2D eigenvalue weighted by Gasteiger charge is -2.16. The third-order valence-corrected chi connectivity index (χ3v) is 7.97. The number of ether oxygens (including phenoxy) is 2. The van der Waals surface area contributed by atoms with E-state index in [2.05, 4.69) is 87.7 Å². The first-order valence-corrected chi connectivity index (χ1v) is 14.6. The summed E-state index contributed by atoms with van der Waals surface area (Å²) in [6, 6.07) is 19.4. The van der Waals surface area contributed by atoms with E-state index < -0.39 is 0 Å². The molecule has 2 atom stereocenters.